The van der Waals surface area contributed by atoms with Gasteiger partial charge in [-0.2, -0.15) is 5.10 Å². The van der Waals surface area contributed by atoms with Crippen molar-refractivity contribution in [1.82, 2.24) is 19.7 Å². The summed E-state index contributed by atoms with van der Waals surface area (Å²) in [6, 6.07) is 9.86. The molecule has 1 amide bonds. The average Bonchev–Trinajstić information content (AvgIpc) is 3.35. The van der Waals surface area contributed by atoms with Gasteiger partial charge in [-0.1, -0.05) is 12.1 Å². The number of rotatable bonds is 4. The maximum Gasteiger partial charge on any atom is 0.254 e. The summed E-state index contributed by atoms with van der Waals surface area (Å²) in [5.41, 5.74) is 1.82. The number of carbonyl (C=O) groups is 1. The van der Waals surface area contributed by atoms with Crippen LogP contribution in [0.4, 0.5) is 0 Å². The second-order valence-electron chi connectivity index (χ2n) is 5.93. The van der Waals surface area contributed by atoms with Crippen LogP contribution >= 0.6 is 11.3 Å². The number of benzene rings is 1. The third-order valence-electron chi connectivity index (χ3n) is 4.33. The van der Waals surface area contributed by atoms with Crippen LogP contribution in [0, 0.1) is 0 Å². The number of hydrogen-bond donors (Lipinski definition) is 0. The van der Waals surface area contributed by atoms with Gasteiger partial charge in [0.2, 0.25) is 0 Å². The molecule has 1 aliphatic heterocycles. The maximum atomic E-state index is 13.0. The van der Waals surface area contributed by atoms with Crippen LogP contribution in [-0.2, 0) is 6.54 Å². The second kappa shape index (κ2) is 6.57. The molecule has 1 fully saturated rings. The van der Waals surface area contributed by atoms with Crippen LogP contribution in [0.5, 0.6) is 0 Å². The number of hydrogen-bond acceptors (Lipinski definition) is 4. The summed E-state index contributed by atoms with van der Waals surface area (Å²) >= 11 is 1.63. The lowest BCUT2D eigenvalue weighted by molar-refractivity contribution is 0.0735. The number of amides is 1. The van der Waals surface area contributed by atoms with Crippen molar-refractivity contribution in [3.05, 3.63) is 70.4 Å². The van der Waals surface area contributed by atoms with Crippen molar-refractivity contribution in [2.75, 3.05) is 6.54 Å². The van der Waals surface area contributed by atoms with E-state index in [0.717, 1.165) is 35.5 Å². The van der Waals surface area contributed by atoms with E-state index in [2.05, 4.69) is 10.1 Å². The molecule has 0 N–H and O–H groups in total. The molecule has 4 rings (SSSR count). The molecule has 3 heterocycles. The van der Waals surface area contributed by atoms with Gasteiger partial charge in [0, 0.05) is 36.1 Å². The van der Waals surface area contributed by atoms with Gasteiger partial charge in [0.25, 0.3) is 5.91 Å². The molecule has 1 saturated heterocycles. The Morgan fingerprint density at radius 2 is 2.25 bits per heavy atom. The molecule has 0 aliphatic carbocycles. The lowest BCUT2D eigenvalue weighted by Gasteiger charge is -2.23. The molecule has 1 atom stereocenters. The first kappa shape index (κ1) is 15.1. The number of aromatic nitrogens is 3. The van der Waals surface area contributed by atoms with Gasteiger partial charge in [-0.3, -0.25) is 9.48 Å². The van der Waals surface area contributed by atoms with Crippen molar-refractivity contribution >= 4 is 17.2 Å². The predicted octanol–water partition coefficient (Wildman–Crippen LogP) is 3.37. The van der Waals surface area contributed by atoms with Crippen molar-refractivity contribution in [3.8, 4) is 0 Å². The number of nitrogens with zero attached hydrogens (tertiary/aromatic N) is 4. The van der Waals surface area contributed by atoms with Gasteiger partial charge in [-0.25, -0.2) is 4.98 Å². The number of carbonyl (C=O) groups excluding carboxylic acids is 1. The molecule has 24 heavy (non-hydrogen) atoms. The van der Waals surface area contributed by atoms with Crippen LogP contribution < -0.4 is 0 Å². The van der Waals surface area contributed by atoms with E-state index < -0.39 is 0 Å². The average molecular weight is 338 g/mol. The minimum atomic E-state index is 0.0926. The minimum Gasteiger partial charge on any atom is -0.329 e. The summed E-state index contributed by atoms with van der Waals surface area (Å²) in [5, 5.41) is 7.23. The predicted molar refractivity (Wildman–Crippen MR) is 92.9 cm³/mol. The monoisotopic (exact) mass is 338 g/mol. The molecule has 5 nitrogen and oxygen atoms in total. The Labute approximate surface area is 144 Å². The highest BCUT2D eigenvalue weighted by Gasteiger charge is 2.32. The molecule has 0 spiro atoms. The van der Waals surface area contributed by atoms with Crippen LogP contribution in [0.1, 0.15) is 39.8 Å². The summed E-state index contributed by atoms with van der Waals surface area (Å²) in [7, 11) is 0. The zero-order valence-corrected chi connectivity index (χ0v) is 14.0. The normalized spacial score (nSPS) is 17.3. The Bertz CT molecular complexity index is 813. The van der Waals surface area contributed by atoms with Gasteiger partial charge in [0.1, 0.15) is 5.01 Å². The van der Waals surface area contributed by atoms with Gasteiger partial charge in [0.15, 0.2) is 0 Å². The van der Waals surface area contributed by atoms with E-state index in [1.807, 2.05) is 57.7 Å². The first-order chi connectivity index (χ1) is 11.8. The van der Waals surface area contributed by atoms with Crippen LogP contribution in [0.3, 0.4) is 0 Å². The Morgan fingerprint density at radius 3 is 3.04 bits per heavy atom. The van der Waals surface area contributed by atoms with Gasteiger partial charge >= 0.3 is 0 Å². The summed E-state index contributed by atoms with van der Waals surface area (Å²) in [6.07, 6.45) is 7.52. The van der Waals surface area contributed by atoms with E-state index in [-0.39, 0.29) is 11.9 Å². The van der Waals surface area contributed by atoms with Crippen LogP contribution in [0.2, 0.25) is 0 Å². The van der Waals surface area contributed by atoms with Gasteiger partial charge in [0.05, 0.1) is 12.6 Å². The molecule has 6 heteroatoms. The molecule has 0 unspecified atom stereocenters. The molecule has 0 radical (unpaired) electrons. The van der Waals surface area contributed by atoms with Crippen molar-refractivity contribution in [2.24, 2.45) is 0 Å². The largest absolute Gasteiger partial charge is 0.329 e. The zero-order valence-electron chi connectivity index (χ0n) is 13.2. The van der Waals surface area contributed by atoms with E-state index in [0.29, 0.717) is 6.54 Å². The molecular weight excluding hydrogens is 320 g/mol. The van der Waals surface area contributed by atoms with E-state index in [4.69, 9.17) is 0 Å². The fraction of sp³-hybridized carbons (Fsp3) is 0.278. The van der Waals surface area contributed by atoms with E-state index >= 15 is 0 Å². The van der Waals surface area contributed by atoms with Crippen molar-refractivity contribution < 1.29 is 4.79 Å². The molecule has 2 aromatic heterocycles. The van der Waals surface area contributed by atoms with E-state index in [1.54, 1.807) is 17.5 Å². The zero-order chi connectivity index (χ0) is 16.4. The molecule has 0 bridgehead atoms. The SMILES string of the molecule is O=C(c1cccc(Cn2cccn2)c1)N1CCC[C@H]1c1nccs1. The molecular formula is C18H18N4OS. The Hall–Kier alpha value is -2.47. The van der Waals surface area contributed by atoms with Crippen molar-refractivity contribution in [1.29, 1.82) is 0 Å². The highest BCUT2D eigenvalue weighted by atomic mass is 32.1. The summed E-state index contributed by atoms with van der Waals surface area (Å²) in [5.74, 6) is 0.0926. The van der Waals surface area contributed by atoms with Gasteiger partial charge < -0.3 is 4.90 Å². The van der Waals surface area contributed by atoms with Crippen LogP contribution in [0.25, 0.3) is 0 Å². The van der Waals surface area contributed by atoms with E-state index in [9.17, 15) is 4.79 Å². The molecule has 0 saturated carbocycles. The molecule has 3 aromatic rings. The Kier molecular flexibility index (Phi) is 4.13. The third-order valence-corrected chi connectivity index (χ3v) is 5.20. The van der Waals surface area contributed by atoms with E-state index in [1.165, 1.54) is 0 Å². The number of likely N-dealkylation sites (tertiary alicyclic amines) is 1. The molecule has 122 valence electrons. The quantitative estimate of drug-likeness (QED) is 0.733. The van der Waals surface area contributed by atoms with Gasteiger partial charge in [-0.05, 0) is 36.6 Å². The lowest BCUT2D eigenvalue weighted by atomic mass is 10.1. The smallest absolute Gasteiger partial charge is 0.254 e. The van der Waals surface area contributed by atoms with Crippen LogP contribution in [-0.4, -0.2) is 32.1 Å². The minimum absolute atomic E-state index is 0.0926. The highest BCUT2D eigenvalue weighted by molar-refractivity contribution is 7.09. The second-order valence-corrected chi connectivity index (χ2v) is 6.86. The fourth-order valence-corrected chi connectivity index (χ4v) is 4.00. The Morgan fingerprint density at radius 1 is 1.29 bits per heavy atom. The fourth-order valence-electron chi connectivity index (χ4n) is 3.22. The lowest BCUT2D eigenvalue weighted by Crippen LogP contribution is -2.30. The topological polar surface area (TPSA) is 51.0 Å². The summed E-state index contributed by atoms with van der Waals surface area (Å²) in [6.45, 7) is 1.47. The molecule has 1 aromatic carbocycles. The summed E-state index contributed by atoms with van der Waals surface area (Å²) < 4.78 is 1.86. The van der Waals surface area contributed by atoms with Gasteiger partial charge in [-0.15, -0.1) is 11.3 Å². The van der Waals surface area contributed by atoms with Crippen molar-refractivity contribution in [2.45, 2.75) is 25.4 Å². The molecule has 1 aliphatic rings. The number of thiazole rings is 1. The Balaban J connectivity index is 1.55. The third kappa shape index (κ3) is 2.97. The van der Waals surface area contributed by atoms with Crippen LogP contribution in [0.15, 0.2) is 54.3 Å². The summed E-state index contributed by atoms with van der Waals surface area (Å²) in [4.78, 5) is 19.4. The highest BCUT2D eigenvalue weighted by Crippen LogP contribution is 2.34. The first-order valence-corrected chi connectivity index (χ1v) is 8.96. The standard InChI is InChI=1S/C18H18N4OS/c23-18(22-10-2-6-16(22)17-19-8-11-24-17)15-5-1-4-14(12-15)13-21-9-3-7-20-21/h1,3-5,7-9,11-12,16H,2,6,10,13H2/t16-/m0/s1. The maximum absolute atomic E-state index is 13.0. The first-order valence-electron chi connectivity index (χ1n) is 8.08. The van der Waals surface area contributed by atoms with Crippen molar-refractivity contribution in [3.63, 3.8) is 0 Å².